The Balaban J connectivity index is 2.50. The van der Waals surface area contributed by atoms with Crippen molar-refractivity contribution in [2.24, 2.45) is 12.8 Å². The van der Waals surface area contributed by atoms with Gasteiger partial charge in [-0.1, -0.05) is 6.92 Å². The van der Waals surface area contributed by atoms with E-state index in [1.807, 2.05) is 11.7 Å². The molecule has 0 amide bonds. The van der Waals surface area contributed by atoms with Crippen LogP contribution in [0.25, 0.3) is 0 Å². The summed E-state index contributed by atoms with van der Waals surface area (Å²) in [5, 5.41) is 4.31. The summed E-state index contributed by atoms with van der Waals surface area (Å²) in [6.45, 7) is 3.86. The Kier molecular flexibility index (Phi) is 3.92. The molecule has 0 saturated heterocycles. The van der Waals surface area contributed by atoms with Gasteiger partial charge in [0.15, 0.2) is 0 Å². The van der Waals surface area contributed by atoms with Gasteiger partial charge in [0.2, 0.25) is 0 Å². The minimum absolute atomic E-state index is 0.568. The molecule has 1 aromatic rings. The van der Waals surface area contributed by atoms with E-state index in [-0.39, 0.29) is 0 Å². The molecule has 1 aromatic heterocycles. The number of ether oxygens (including phenoxy) is 1. The zero-order chi connectivity index (χ0) is 9.68. The van der Waals surface area contributed by atoms with E-state index in [0.717, 1.165) is 17.8 Å². The van der Waals surface area contributed by atoms with Crippen LogP contribution < -0.4 is 5.73 Å². The molecule has 0 aliphatic rings. The summed E-state index contributed by atoms with van der Waals surface area (Å²) in [4.78, 5) is 0. The lowest BCUT2D eigenvalue weighted by Gasteiger charge is -2.01. The molecule has 0 spiro atoms. The number of aromatic nitrogens is 2. The van der Waals surface area contributed by atoms with E-state index in [1.165, 1.54) is 0 Å². The van der Waals surface area contributed by atoms with Crippen molar-refractivity contribution in [3.05, 3.63) is 17.5 Å². The lowest BCUT2D eigenvalue weighted by atomic mass is 10.3. The topological polar surface area (TPSA) is 53.1 Å². The van der Waals surface area contributed by atoms with Crippen LogP contribution in [0.5, 0.6) is 0 Å². The van der Waals surface area contributed by atoms with E-state index in [9.17, 15) is 0 Å². The Labute approximate surface area is 78.7 Å². The van der Waals surface area contributed by atoms with Gasteiger partial charge in [0.05, 0.1) is 24.6 Å². The van der Waals surface area contributed by atoms with E-state index in [1.54, 1.807) is 0 Å². The van der Waals surface area contributed by atoms with Crippen molar-refractivity contribution in [2.75, 3.05) is 13.2 Å². The summed E-state index contributed by atoms with van der Waals surface area (Å²) in [7, 11) is 1.93. The van der Waals surface area contributed by atoms with Gasteiger partial charge < -0.3 is 10.5 Å². The Morgan fingerprint density at radius 1 is 1.62 bits per heavy atom. The van der Waals surface area contributed by atoms with E-state index in [0.29, 0.717) is 19.8 Å². The smallest absolute Gasteiger partial charge is 0.0885 e. The number of aryl methyl sites for hydroxylation is 2. The highest BCUT2D eigenvalue weighted by Crippen LogP contribution is 2.04. The standard InChI is InChI=1S/C9H17N3O/c1-3-8-6-9(12(2)11-8)7-13-5-4-10/h6H,3-5,7,10H2,1-2H3. The summed E-state index contributed by atoms with van der Waals surface area (Å²) in [5.41, 5.74) is 7.52. The Morgan fingerprint density at radius 2 is 2.38 bits per heavy atom. The monoisotopic (exact) mass is 183 g/mol. The van der Waals surface area contributed by atoms with Gasteiger partial charge in [-0.15, -0.1) is 0 Å². The number of nitrogens with zero attached hydrogens (tertiary/aromatic N) is 2. The number of nitrogens with two attached hydrogens (primary N) is 1. The fourth-order valence-corrected chi connectivity index (χ4v) is 1.14. The Bertz CT molecular complexity index is 257. The molecular formula is C9H17N3O. The van der Waals surface area contributed by atoms with Crippen molar-refractivity contribution < 1.29 is 4.74 Å². The number of hydrogen-bond donors (Lipinski definition) is 1. The second kappa shape index (κ2) is 4.99. The normalized spacial score (nSPS) is 10.7. The molecule has 1 rings (SSSR count). The molecular weight excluding hydrogens is 166 g/mol. The minimum atomic E-state index is 0.568. The molecule has 0 atom stereocenters. The zero-order valence-electron chi connectivity index (χ0n) is 8.29. The average molecular weight is 183 g/mol. The molecule has 1 heterocycles. The molecule has 0 bridgehead atoms. The van der Waals surface area contributed by atoms with E-state index in [4.69, 9.17) is 10.5 Å². The quantitative estimate of drug-likeness (QED) is 0.675. The molecule has 0 aliphatic carbocycles. The third-order valence-electron chi connectivity index (χ3n) is 1.90. The van der Waals surface area contributed by atoms with Crippen molar-refractivity contribution in [3.8, 4) is 0 Å². The molecule has 0 fully saturated rings. The number of hydrogen-bond acceptors (Lipinski definition) is 3. The van der Waals surface area contributed by atoms with Crippen LogP contribution in [0.1, 0.15) is 18.3 Å². The summed E-state index contributed by atoms with van der Waals surface area (Å²) in [5.74, 6) is 0. The van der Waals surface area contributed by atoms with E-state index >= 15 is 0 Å². The molecule has 0 saturated carbocycles. The van der Waals surface area contributed by atoms with Gasteiger partial charge in [0.1, 0.15) is 0 Å². The molecule has 0 aliphatic heterocycles. The molecule has 0 radical (unpaired) electrons. The second-order valence-corrected chi connectivity index (χ2v) is 2.95. The van der Waals surface area contributed by atoms with Crippen LogP contribution in [0.3, 0.4) is 0 Å². The summed E-state index contributed by atoms with van der Waals surface area (Å²) >= 11 is 0. The van der Waals surface area contributed by atoms with Gasteiger partial charge in [0, 0.05) is 13.6 Å². The lowest BCUT2D eigenvalue weighted by Crippen LogP contribution is -2.09. The first-order chi connectivity index (χ1) is 6.27. The summed E-state index contributed by atoms with van der Waals surface area (Å²) in [6.07, 6.45) is 0.963. The van der Waals surface area contributed by atoms with Gasteiger partial charge in [0.25, 0.3) is 0 Å². The molecule has 0 unspecified atom stereocenters. The van der Waals surface area contributed by atoms with Crippen LogP contribution in [0.2, 0.25) is 0 Å². The van der Waals surface area contributed by atoms with Gasteiger partial charge in [-0.25, -0.2) is 0 Å². The van der Waals surface area contributed by atoms with Crippen LogP contribution in [0.15, 0.2) is 6.07 Å². The van der Waals surface area contributed by atoms with Crippen LogP contribution in [0.4, 0.5) is 0 Å². The van der Waals surface area contributed by atoms with E-state index in [2.05, 4.69) is 18.1 Å². The third-order valence-corrected chi connectivity index (χ3v) is 1.90. The first-order valence-corrected chi connectivity index (χ1v) is 4.57. The maximum atomic E-state index is 5.32. The summed E-state index contributed by atoms with van der Waals surface area (Å²) < 4.78 is 7.18. The third kappa shape index (κ3) is 2.82. The molecule has 74 valence electrons. The highest BCUT2D eigenvalue weighted by atomic mass is 16.5. The molecule has 4 nitrogen and oxygen atoms in total. The molecule has 2 N–H and O–H groups in total. The maximum absolute atomic E-state index is 5.32. The Hall–Kier alpha value is -0.870. The molecule has 0 aromatic carbocycles. The van der Waals surface area contributed by atoms with Crippen LogP contribution in [0, 0.1) is 0 Å². The van der Waals surface area contributed by atoms with Crippen LogP contribution in [-0.4, -0.2) is 22.9 Å². The van der Waals surface area contributed by atoms with Gasteiger partial charge in [-0.3, -0.25) is 4.68 Å². The zero-order valence-corrected chi connectivity index (χ0v) is 8.29. The molecule has 4 heteroatoms. The fraction of sp³-hybridized carbons (Fsp3) is 0.667. The van der Waals surface area contributed by atoms with Crippen molar-refractivity contribution in [3.63, 3.8) is 0 Å². The predicted molar refractivity (Wildman–Crippen MR) is 51.3 cm³/mol. The number of rotatable bonds is 5. The summed E-state index contributed by atoms with van der Waals surface area (Å²) in [6, 6.07) is 2.07. The van der Waals surface area contributed by atoms with Crippen LogP contribution >= 0.6 is 0 Å². The molecule has 13 heavy (non-hydrogen) atoms. The average Bonchev–Trinajstić information content (AvgIpc) is 2.48. The largest absolute Gasteiger partial charge is 0.374 e. The van der Waals surface area contributed by atoms with Crippen molar-refractivity contribution in [1.82, 2.24) is 9.78 Å². The first-order valence-electron chi connectivity index (χ1n) is 4.57. The van der Waals surface area contributed by atoms with E-state index < -0.39 is 0 Å². The first kappa shape index (κ1) is 10.2. The highest BCUT2D eigenvalue weighted by molar-refractivity contribution is 5.09. The second-order valence-electron chi connectivity index (χ2n) is 2.95. The Morgan fingerprint density at radius 3 is 2.92 bits per heavy atom. The fourth-order valence-electron chi connectivity index (χ4n) is 1.14. The van der Waals surface area contributed by atoms with Crippen molar-refractivity contribution >= 4 is 0 Å². The van der Waals surface area contributed by atoms with Crippen LogP contribution in [-0.2, 0) is 24.8 Å². The van der Waals surface area contributed by atoms with Crippen molar-refractivity contribution in [2.45, 2.75) is 20.0 Å². The minimum Gasteiger partial charge on any atom is -0.374 e. The van der Waals surface area contributed by atoms with Gasteiger partial charge in [-0.05, 0) is 12.5 Å². The van der Waals surface area contributed by atoms with Gasteiger partial charge in [-0.2, -0.15) is 5.10 Å². The maximum Gasteiger partial charge on any atom is 0.0885 e. The SMILES string of the molecule is CCc1cc(COCCN)n(C)n1. The van der Waals surface area contributed by atoms with Crippen molar-refractivity contribution in [1.29, 1.82) is 0 Å². The lowest BCUT2D eigenvalue weighted by molar-refractivity contribution is 0.123. The highest BCUT2D eigenvalue weighted by Gasteiger charge is 2.02. The van der Waals surface area contributed by atoms with Gasteiger partial charge >= 0.3 is 0 Å². The predicted octanol–water partition coefficient (Wildman–Crippen LogP) is 0.458.